The van der Waals surface area contributed by atoms with Crippen LogP contribution in [-0.2, 0) is 6.18 Å². The van der Waals surface area contributed by atoms with Gasteiger partial charge < -0.3 is 10.1 Å². The minimum atomic E-state index is -4.39. The van der Waals surface area contributed by atoms with Crippen molar-refractivity contribution in [1.29, 1.82) is 0 Å². The number of alkyl halides is 3. The van der Waals surface area contributed by atoms with Crippen molar-refractivity contribution in [3.05, 3.63) is 59.8 Å². The number of anilines is 2. The Bertz CT molecular complexity index is 891. The number of ether oxygens (including phenoxy) is 1. The lowest BCUT2D eigenvalue weighted by Crippen LogP contribution is -2.05. The Kier molecular flexibility index (Phi) is 4.05. The third-order valence-corrected chi connectivity index (χ3v) is 3.61. The number of fused-ring (bicyclic) bond motifs is 1. The number of benzene rings is 2. The molecule has 1 N–H and O–H groups in total. The van der Waals surface area contributed by atoms with Gasteiger partial charge in [0.1, 0.15) is 5.75 Å². The van der Waals surface area contributed by atoms with Crippen LogP contribution in [0.2, 0.25) is 0 Å². The molecule has 1 aromatic heterocycles. The number of nitrogens with one attached hydrogen (secondary N) is 1. The highest BCUT2D eigenvalue weighted by molar-refractivity contribution is 5.93. The quantitative estimate of drug-likeness (QED) is 0.705. The average Bonchev–Trinajstić information content (AvgIpc) is 2.53. The van der Waals surface area contributed by atoms with Gasteiger partial charge in [0, 0.05) is 28.5 Å². The number of hydrogen-bond acceptors (Lipinski definition) is 3. The van der Waals surface area contributed by atoms with Crippen LogP contribution in [0.1, 0.15) is 11.3 Å². The highest BCUT2D eigenvalue weighted by atomic mass is 19.4. The molecule has 0 aliphatic heterocycles. The fraction of sp³-hybridized carbons (Fsp3) is 0.167. The molecule has 0 spiro atoms. The highest BCUT2D eigenvalue weighted by Gasteiger charge is 2.30. The standard InChI is InChI=1S/C18H15F3N2O/c1-11-8-16(23-13-4-3-5-14(10-13)24-2)15-7-6-12(18(19,20)21)9-17(15)22-11/h3-10H,1-2H3,(H,22,23). The second-order valence-electron chi connectivity index (χ2n) is 5.40. The summed E-state index contributed by atoms with van der Waals surface area (Å²) in [6, 6.07) is 12.7. The van der Waals surface area contributed by atoms with Crippen LogP contribution in [0.25, 0.3) is 10.9 Å². The summed E-state index contributed by atoms with van der Waals surface area (Å²) in [5.74, 6) is 0.689. The van der Waals surface area contributed by atoms with E-state index in [9.17, 15) is 13.2 Å². The average molecular weight is 332 g/mol. The van der Waals surface area contributed by atoms with E-state index in [-0.39, 0.29) is 0 Å². The first kappa shape index (κ1) is 16.1. The van der Waals surface area contributed by atoms with Crippen molar-refractivity contribution in [3.63, 3.8) is 0 Å². The molecule has 6 heteroatoms. The second kappa shape index (κ2) is 6.03. The van der Waals surface area contributed by atoms with E-state index in [4.69, 9.17) is 4.74 Å². The maximum Gasteiger partial charge on any atom is 0.416 e. The van der Waals surface area contributed by atoms with Gasteiger partial charge in [-0.25, -0.2) is 0 Å². The van der Waals surface area contributed by atoms with Crippen molar-refractivity contribution in [2.45, 2.75) is 13.1 Å². The van der Waals surface area contributed by atoms with Gasteiger partial charge in [-0.2, -0.15) is 13.2 Å². The number of methoxy groups -OCH3 is 1. The van der Waals surface area contributed by atoms with Gasteiger partial charge in [-0.05, 0) is 37.3 Å². The molecule has 1 heterocycles. The van der Waals surface area contributed by atoms with E-state index in [0.717, 1.165) is 17.8 Å². The second-order valence-corrected chi connectivity index (χ2v) is 5.40. The Morgan fingerprint density at radius 3 is 2.54 bits per heavy atom. The van der Waals surface area contributed by atoms with Gasteiger partial charge >= 0.3 is 6.18 Å². The molecule has 3 rings (SSSR count). The number of pyridine rings is 1. The van der Waals surface area contributed by atoms with Gasteiger partial charge in [-0.15, -0.1) is 0 Å². The van der Waals surface area contributed by atoms with Crippen molar-refractivity contribution in [2.24, 2.45) is 0 Å². The Labute approximate surface area is 137 Å². The Morgan fingerprint density at radius 2 is 1.83 bits per heavy atom. The van der Waals surface area contributed by atoms with Crippen molar-refractivity contribution in [3.8, 4) is 5.75 Å². The zero-order valence-electron chi connectivity index (χ0n) is 13.1. The normalized spacial score (nSPS) is 11.5. The monoisotopic (exact) mass is 332 g/mol. The molecular formula is C18H15F3N2O. The first-order chi connectivity index (χ1) is 11.4. The van der Waals surface area contributed by atoms with E-state index >= 15 is 0 Å². The first-order valence-electron chi connectivity index (χ1n) is 7.26. The molecule has 124 valence electrons. The Hall–Kier alpha value is -2.76. The Morgan fingerprint density at radius 1 is 1.04 bits per heavy atom. The number of rotatable bonds is 3. The molecule has 24 heavy (non-hydrogen) atoms. The molecule has 0 aliphatic carbocycles. The lowest BCUT2D eigenvalue weighted by atomic mass is 10.1. The third-order valence-electron chi connectivity index (χ3n) is 3.61. The van der Waals surface area contributed by atoms with Gasteiger partial charge in [0.15, 0.2) is 0 Å². The molecular weight excluding hydrogens is 317 g/mol. The van der Waals surface area contributed by atoms with Crippen LogP contribution in [0, 0.1) is 6.92 Å². The van der Waals surface area contributed by atoms with Gasteiger partial charge in [0.25, 0.3) is 0 Å². The lowest BCUT2D eigenvalue weighted by molar-refractivity contribution is -0.137. The molecule has 0 unspecified atom stereocenters. The highest BCUT2D eigenvalue weighted by Crippen LogP contribution is 2.34. The number of aryl methyl sites for hydroxylation is 1. The molecule has 3 nitrogen and oxygen atoms in total. The van der Waals surface area contributed by atoms with Crippen LogP contribution in [0.4, 0.5) is 24.5 Å². The van der Waals surface area contributed by atoms with Crippen LogP contribution < -0.4 is 10.1 Å². The summed E-state index contributed by atoms with van der Waals surface area (Å²) < 4.78 is 43.8. The van der Waals surface area contributed by atoms with Crippen molar-refractivity contribution >= 4 is 22.3 Å². The molecule has 0 bridgehead atoms. The van der Waals surface area contributed by atoms with E-state index in [0.29, 0.717) is 28.0 Å². The van der Waals surface area contributed by atoms with Crippen LogP contribution in [0.15, 0.2) is 48.5 Å². The van der Waals surface area contributed by atoms with Gasteiger partial charge in [-0.3, -0.25) is 4.98 Å². The summed E-state index contributed by atoms with van der Waals surface area (Å²) in [6.07, 6.45) is -4.39. The number of nitrogens with zero attached hydrogens (tertiary/aromatic N) is 1. The fourth-order valence-corrected chi connectivity index (χ4v) is 2.50. The molecule has 3 aromatic rings. The number of hydrogen-bond donors (Lipinski definition) is 1. The molecule has 0 amide bonds. The predicted molar refractivity (Wildman–Crippen MR) is 87.8 cm³/mol. The molecule has 0 saturated carbocycles. The van der Waals surface area contributed by atoms with E-state index in [2.05, 4.69) is 10.3 Å². The molecule has 0 saturated heterocycles. The van der Waals surface area contributed by atoms with E-state index in [1.165, 1.54) is 6.07 Å². The van der Waals surface area contributed by atoms with Crippen LogP contribution in [0.5, 0.6) is 5.75 Å². The maximum absolute atomic E-state index is 12.9. The van der Waals surface area contributed by atoms with Crippen LogP contribution in [0.3, 0.4) is 0 Å². The molecule has 0 aliphatic rings. The summed E-state index contributed by atoms with van der Waals surface area (Å²) in [5.41, 5.74) is 1.70. The van der Waals surface area contributed by atoms with Crippen molar-refractivity contribution in [1.82, 2.24) is 4.98 Å². The summed E-state index contributed by atoms with van der Waals surface area (Å²) in [6.45, 7) is 1.75. The lowest BCUT2D eigenvalue weighted by Gasteiger charge is -2.13. The zero-order chi connectivity index (χ0) is 17.3. The van der Waals surface area contributed by atoms with E-state index in [1.54, 1.807) is 20.1 Å². The van der Waals surface area contributed by atoms with Gasteiger partial charge in [-0.1, -0.05) is 12.1 Å². The van der Waals surface area contributed by atoms with Crippen molar-refractivity contribution < 1.29 is 17.9 Å². The predicted octanol–water partition coefficient (Wildman–Crippen LogP) is 5.31. The topological polar surface area (TPSA) is 34.1 Å². The summed E-state index contributed by atoms with van der Waals surface area (Å²) in [5, 5.41) is 3.84. The zero-order valence-corrected chi connectivity index (χ0v) is 13.1. The molecule has 0 atom stereocenters. The van der Waals surface area contributed by atoms with Crippen molar-refractivity contribution in [2.75, 3.05) is 12.4 Å². The largest absolute Gasteiger partial charge is 0.497 e. The van der Waals surface area contributed by atoms with Crippen LogP contribution >= 0.6 is 0 Å². The summed E-state index contributed by atoms with van der Waals surface area (Å²) in [7, 11) is 1.57. The third kappa shape index (κ3) is 3.27. The molecule has 0 radical (unpaired) electrons. The van der Waals surface area contributed by atoms with Gasteiger partial charge in [0.2, 0.25) is 0 Å². The minimum absolute atomic E-state index is 0.301. The number of aromatic nitrogens is 1. The SMILES string of the molecule is COc1cccc(Nc2cc(C)nc3cc(C(F)(F)F)ccc23)c1. The molecule has 0 fully saturated rings. The van der Waals surface area contributed by atoms with E-state index in [1.807, 2.05) is 24.3 Å². The van der Waals surface area contributed by atoms with Gasteiger partial charge in [0.05, 0.1) is 18.2 Å². The van der Waals surface area contributed by atoms with E-state index < -0.39 is 11.7 Å². The fourth-order valence-electron chi connectivity index (χ4n) is 2.50. The first-order valence-corrected chi connectivity index (χ1v) is 7.26. The van der Waals surface area contributed by atoms with Crippen LogP contribution in [-0.4, -0.2) is 12.1 Å². The molecule has 2 aromatic carbocycles. The number of halogens is 3. The smallest absolute Gasteiger partial charge is 0.416 e. The summed E-state index contributed by atoms with van der Waals surface area (Å²) in [4.78, 5) is 4.22. The maximum atomic E-state index is 12.9. The Balaban J connectivity index is 2.07. The minimum Gasteiger partial charge on any atom is -0.497 e. The summed E-state index contributed by atoms with van der Waals surface area (Å²) >= 11 is 0.